The topological polar surface area (TPSA) is 49.8 Å². The second kappa shape index (κ2) is 5.45. The fraction of sp³-hybridized carbons (Fsp3) is 0.692. The van der Waals surface area contributed by atoms with E-state index < -0.39 is 0 Å². The van der Waals surface area contributed by atoms with Crippen LogP contribution in [-0.4, -0.2) is 29.8 Å². The van der Waals surface area contributed by atoms with Crippen LogP contribution in [0, 0.1) is 12.3 Å². The molecule has 0 amide bonds. The fourth-order valence-electron chi connectivity index (χ4n) is 2.44. The molecule has 0 saturated carbocycles. The molecule has 2 N–H and O–H groups in total. The van der Waals surface area contributed by atoms with E-state index in [0.29, 0.717) is 5.41 Å². The van der Waals surface area contributed by atoms with E-state index in [4.69, 9.17) is 0 Å². The molecule has 0 radical (unpaired) electrons. The molecule has 4 nitrogen and oxygen atoms in total. The molecule has 0 aliphatic carbocycles. The summed E-state index contributed by atoms with van der Waals surface area (Å²) in [6.45, 7) is 7.56. The molecule has 17 heavy (non-hydrogen) atoms. The standard InChI is InChI=1S/C13H22N4/c1-3-13(5-4-6-14-9-13)10-15-12-7-11(2)8-16-17-12/h7-8,14H,3-6,9-10H2,1-2H3,(H,15,17). The summed E-state index contributed by atoms with van der Waals surface area (Å²) >= 11 is 0. The highest BCUT2D eigenvalue weighted by Crippen LogP contribution is 2.30. The summed E-state index contributed by atoms with van der Waals surface area (Å²) in [6.07, 6.45) is 5.55. The Balaban J connectivity index is 1.95. The molecule has 1 unspecified atom stereocenters. The minimum absolute atomic E-state index is 0.379. The Labute approximate surface area is 103 Å². The van der Waals surface area contributed by atoms with Crippen LogP contribution in [0.1, 0.15) is 31.7 Å². The smallest absolute Gasteiger partial charge is 0.148 e. The zero-order chi connectivity index (χ0) is 12.1. The lowest BCUT2D eigenvalue weighted by Gasteiger charge is -2.37. The number of rotatable bonds is 4. The van der Waals surface area contributed by atoms with Crippen LogP contribution in [0.15, 0.2) is 12.3 Å². The minimum atomic E-state index is 0.379. The van der Waals surface area contributed by atoms with Gasteiger partial charge in [-0.15, -0.1) is 5.10 Å². The predicted octanol–water partition coefficient (Wildman–Crippen LogP) is 1.98. The van der Waals surface area contributed by atoms with Crippen molar-refractivity contribution in [3.8, 4) is 0 Å². The Morgan fingerprint density at radius 3 is 3.06 bits per heavy atom. The van der Waals surface area contributed by atoms with Crippen LogP contribution >= 0.6 is 0 Å². The van der Waals surface area contributed by atoms with E-state index in [1.807, 2.05) is 13.0 Å². The van der Waals surface area contributed by atoms with Crippen molar-refractivity contribution in [2.45, 2.75) is 33.1 Å². The van der Waals surface area contributed by atoms with Crippen molar-refractivity contribution < 1.29 is 0 Å². The molecule has 1 aromatic heterocycles. The third-order valence-electron chi connectivity index (χ3n) is 3.75. The van der Waals surface area contributed by atoms with Gasteiger partial charge in [0.2, 0.25) is 0 Å². The maximum Gasteiger partial charge on any atom is 0.148 e. The zero-order valence-electron chi connectivity index (χ0n) is 10.8. The summed E-state index contributed by atoms with van der Waals surface area (Å²) < 4.78 is 0. The van der Waals surface area contributed by atoms with Gasteiger partial charge in [-0.2, -0.15) is 5.10 Å². The zero-order valence-corrected chi connectivity index (χ0v) is 10.8. The molecule has 0 aromatic carbocycles. The Morgan fingerprint density at radius 1 is 1.53 bits per heavy atom. The van der Waals surface area contributed by atoms with Crippen LogP contribution in [0.3, 0.4) is 0 Å². The summed E-state index contributed by atoms with van der Waals surface area (Å²) in [5, 5.41) is 15.0. The first-order valence-electron chi connectivity index (χ1n) is 6.48. The van der Waals surface area contributed by atoms with Crippen molar-refractivity contribution in [2.75, 3.05) is 25.0 Å². The Kier molecular flexibility index (Phi) is 3.94. The van der Waals surface area contributed by atoms with Gasteiger partial charge in [0.15, 0.2) is 0 Å². The van der Waals surface area contributed by atoms with E-state index in [1.165, 1.54) is 19.3 Å². The van der Waals surface area contributed by atoms with E-state index in [0.717, 1.165) is 31.0 Å². The SMILES string of the molecule is CCC1(CNc2cc(C)cnn2)CCCNC1. The molecular weight excluding hydrogens is 212 g/mol. The van der Waals surface area contributed by atoms with Gasteiger partial charge >= 0.3 is 0 Å². The molecule has 1 saturated heterocycles. The molecule has 94 valence electrons. The van der Waals surface area contributed by atoms with Gasteiger partial charge in [-0.1, -0.05) is 6.92 Å². The molecule has 0 spiro atoms. The maximum atomic E-state index is 4.11. The van der Waals surface area contributed by atoms with Gasteiger partial charge in [0.05, 0.1) is 6.20 Å². The van der Waals surface area contributed by atoms with Crippen molar-refractivity contribution in [3.05, 3.63) is 17.8 Å². The molecule has 1 aromatic rings. The van der Waals surface area contributed by atoms with E-state index in [2.05, 4.69) is 27.8 Å². The molecule has 1 aliphatic heterocycles. The highest BCUT2D eigenvalue weighted by molar-refractivity contribution is 5.35. The predicted molar refractivity (Wildman–Crippen MR) is 70.1 cm³/mol. The number of aromatic nitrogens is 2. The molecule has 1 atom stereocenters. The lowest BCUT2D eigenvalue weighted by molar-refractivity contribution is 0.216. The number of nitrogens with zero attached hydrogens (tertiary/aromatic N) is 2. The van der Waals surface area contributed by atoms with Gasteiger partial charge < -0.3 is 10.6 Å². The van der Waals surface area contributed by atoms with Gasteiger partial charge in [0, 0.05) is 13.1 Å². The summed E-state index contributed by atoms with van der Waals surface area (Å²) in [5.74, 6) is 0.892. The molecule has 2 heterocycles. The number of hydrogen-bond acceptors (Lipinski definition) is 4. The van der Waals surface area contributed by atoms with Crippen LogP contribution in [-0.2, 0) is 0 Å². The van der Waals surface area contributed by atoms with Crippen LogP contribution in [0.2, 0.25) is 0 Å². The van der Waals surface area contributed by atoms with E-state index >= 15 is 0 Å². The number of hydrogen-bond donors (Lipinski definition) is 2. The number of piperidine rings is 1. The average Bonchev–Trinajstić information content (AvgIpc) is 2.38. The van der Waals surface area contributed by atoms with Crippen LogP contribution in [0.5, 0.6) is 0 Å². The first-order valence-corrected chi connectivity index (χ1v) is 6.48. The largest absolute Gasteiger partial charge is 0.368 e. The van der Waals surface area contributed by atoms with Crippen molar-refractivity contribution in [1.29, 1.82) is 0 Å². The Bertz CT molecular complexity index is 358. The molecular formula is C13H22N4. The third kappa shape index (κ3) is 3.16. The Hall–Kier alpha value is -1.16. The van der Waals surface area contributed by atoms with E-state index in [9.17, 15) is 0 Å². The lowest BCUT2D eigenvalue weighted by Crippen LogP contribution is -2.44. The van der Waals surface area contributed by atoms with Crippen LogP contribution in [0.4, 0.5) is 5.82 Å². The van der Waals surface area contributed by atoms with Gasteiger partial charge in [-0.05, 0) is 49.8 Å². The van der Waals surface area contributed by atoms with E-state index in [1.54, 1.807) is 6.20 Å². The average molecular weight is 234 g/mol. The molecule has 1 aliphatic rings. The highest BCUT2D eigenvalue weighted by atomic mass is 15.2. The number of anilines is 1. The van der Waals surface area contributed by atoms with Gasteiger partial charge in [-0.25, -0.2) is 0 Å². The molecule has 0 bridgehead atoms. The van der Waals surface area contributed by atoms with E-state index in [-0.39, 0.29) is 0 Å². The second-order valence-corrected chi connectivity index (χ2v) is 5.11. The van der Waals surface area contributed by atoms with Gasteiger partial charge in [0.1, 0.15) is 5.82 Å². The van der Waals surface area contributed by atoms with Crippen molar-refractivity contribution >= 4 is 5.82 Å². The quantitative estimate of drug-likeness (QED) is 0.836. The first-order chi connectivity index (χ1) is 8.24. The monoisotopic (exact) mass is 234 g/mol. The minimum Gasteiger partial charge on any atom is -0.368 e. The lowest BCUT2D eigenvalue weighted by atomic mass is 9.78. The second-order valence-electron chi connectivity index (χ2n) is 5.11. The molecule has 4 heteroatoms. The molecule has 1 fully saturated rings. The number of aryl methyl sites for hydroxylation is 1. The third-order valence-corrected chi connectivity index (χ3v) is 3.75. The normalized spacial score (nSPS) is 24.6. The van der Waals surface area contributed by atoms with Crippen LogP contribution < -0.4 is 10.6 Å². The summed E-state index contributed by atoms with van der Waals surface area (Å²) in [7, 11) is 0. The van der Waals surface area contributed by atoms with Crippen molar-refractivity contribution in [3.63, 3.8) is 0 Å². The molecule has 2 rings (SSSR count). The fourth-order valence-corrected chi connectivity index (χ4v) is 2.44. The van der Waals surface area contributed by atoms with Gasteiger partial charge in [-0.3, -0.25) is 0 Å². The maximum absolute atomic E-state index is 4.11. The van der Waals surface area contributed by atoms with Crippen LogP contribution in [0.25, 0.3) is 0 Å². The number of nitrogens with one attached hydrogen (secondary N) is 2. The summed E-state index contributed by atoms with van der Waals surface area (Å²) in [5.41, 5.74) is 1.53. The summed E-state index contributed by atoms with van der Waals surface area (Å²) in [4.78, 5) is 0. The van der Waals surface area contributed by atoms with Crippen molar-refractivity contribution in [1.82, 2.24) is 15.5 Å². The summed E-state index contributed by atoms with van der Waals surface area (Å²) in [6, 6.07) is 2.05. The first kappa shape index (κ1) is 12.3. The van der Waals surface area contributed by atoms with Crippen molar-refractivity contribution in [2.24, 2.45) is 5.41 Å². The highest BCUT2D eigenvalue weighted by Gasteiger charge is 2.29. The van der Waals surface area contributed by atoms with Gasteiger partial charge in [0.25, 0.3) is 0 Å². The Morgan fingerprint density at radius 2 is 2.41 bits per heavy atom.